The molecule has 64 valence electrons. The van der Waals surface area contributed by atoms with Crippen molar-refractivity contribution < 1.29 is 5.11 Å². The summed E-state index contributed by atoms with van der Waals surface area (Å²) in [5.74, 6) is 0. The number of nitriles is 1. The molecule has 0 bridgehead atoms. The van der Waals surface area contributed by atoms with Gasteiger partial charge in [0.05, 0.1) is 12.7 Å². The van der Waals surface area contributed by atoms with Gasteiger partial charge in [-0.15, -0.1) is 0 Å². The van der Waals surface area contributed by atoms with Crippen LogP contribution >= 0.6 is 0 Å². The molecule has 0 aromatic heterocycles. The van der Waals surface area contributed by atoms with Crippen molar-refractivity contribution in [3.8, 4) is 6.07 Å². The van der Waals surface area contributed by atoms with E-state index >= 15 is 0 Å². The molecule has 0 rings (SSSR count). The first kappa shape index (κ1) is 10.4. The molecule has 0 aliphatic carbocycles. The first-order chi connectivity index (χ1) is 5.35. The third-order valence-corrected chi connectivity index (χ3v) is 1.40. The summed E-state index contributed by atoms with van der Waals surface area (Å²) in [6.45, 7) is 2.77. The monoisotopic (exact) mass is 157 g/mol. The lowest BCUT2D eigenvalue weighted by Crippen LogP contribution is -2.32. The van der Waals surface area contributed by atoms with Crippen LogP contribution in [0.25, 0.3) is 0 Å². The van der Waals surface area contributed by atoms with Crippen molar-refractivity contribution in [3.63, 3.8) is 0 Å². The first-order valence-electron chi connectivity index (χ1n) is 3.75. The van der Waals surface area contributed by atoms with Gasteiger partial charge in [0.2, 0.25) is 0 Å². The van der Waals surface area contributed by atoms with Crippen LogP contribution in [0.4, 0.5) is 0 Å². The summed E-state index contributed by atoms with van der Waals surface area (Å²) < 4.78 is 0. The number of hydrogen-bond acceptors (Lipinski definition) is 4. The molecule has 0 unspecified atom stereocenters. The lowest BCUT2D eigenvalue weighted by atomic mass is 10.4. The van der Waals surface area contributed by atoms with Crippen LogP contribution < -0.4 is 5.73 Å². The van der Waals surface area contributed by atoms with Crippen LogP contribution in [0, 0.1) is 11.3 Å². The SMILES string of the molecule is N#CCCN(CCN)CCO. The molecule has 0 aliphatic rings. The van der Waals surface area contributed by atoms with Gasteiger partial charge in [-0.2, -0.15) is 5.26 Å². The van der Waals surface area contributed by atoms with E-state index in [1.807, 2.05) is 4.90 Å². The van der Waals surface area contributed by atoms with Crippen molar-refractivity contribution in [2.75, 3.05) is 32.8 Å². The predicted octanol–water partition coefficient (Wildman–Crippen LogP) is -0.847. The van der Waals surface area contributed by atoms with Crippen LogP contribution in [-0.2, 0) is 0 Å². The van der Waals surface area contributed by atoms with E-state index in [9.17, 15) is 0 Å². The van der Waals surface area contributed by atoms with Gasteiger partial charge in [0, 0.05) is 32.6 Å². The standard InChI is InChI=1S/C7H15N3O/c8-2-1-4-10(5-3-9)6-7-11/h11H,1,3-7,9H2. The highest BCUT2D eigenvalue weighted by molar-refractivity contribution is 4.72. The van der Waals surface area contributed by atoms with Crippen LogP contribution in [0.2, 0.25) is 0 Å². The molecule has 0 aliphatic heterocycles. The number of rotatable bonds is 6. The van der Waals surface area contributed by atoms with Gasteiger partial charge < -0.3 is 10.8 Å². The molecular formula is C7H15N3O. The molecule has 0 amide bonds. The first-order valence-corrected chi connectivity index (χ1v) is 3.75. The molecule has 0 heterocycles. The molecule has 4 heteroatoms. The van der Waals surface area contributed by atoms with Gasteiger partial charge in [-0.05, 0) is 0 Å². The molecule has 4 nitrogen and oxygen atoms in total. The van der Waals surface area contributed by atoms with Crippen LogP contribution in [0.1, 0.15) is 6.42 Å². The maximum atomic E-state index is 8.60. The topological polar surface area (TPSA) is 73.3 Å². The minimum absolute atomic E-state index is 0.130. The lowest BCUT2D eigenvalue weighted by Gasteiger charge is -2.18. The van der Waals surface area contributed by atoms with E-state index in [2.05, 4.69) is 6.07 Å². The maximum absolute atomic E-state index is 8.60. The van der Waals surface area contributed by atoms with E-state index in [-0.39, 0.29) is 6.61 Å². The fourth-order valence-electron chi connectivity index (χ4n) is 0.868. The molecule has 0 aromatic rings. The van der Waals surface area contributed by atoms with Gasteiger partial charge in [0.15, 0.2) is 0 Å². The second-order valence-electron chi connectivity index (χ2n) is 2.26. The van der Waals surface area contributed by atoms with Crippen LogP contribution in [0.3, 0.4) is 0 Å². The Labute approximate surface area is 67.2 Å². The normalized spacial score (nSPS) is 10.0. The Morgan fingerprint density at radius 1 is 1.36 bits per heavy atom. The number of aliphatic hydroxyl groups excluding tert-OH is 1. The summed E-state index contributed by atoms with van der Waals surface area (Å²) in [6.07, 6.45) is 0.500. The Morgan fingerprint density at radius 3 is 2.55 bits per heavy atom. The van der Waals surface area contributed by atoms with E-state index in [4.69, 9.17) is 16.1 Å². The van der Waals surface area contributed by atoms with Crippen molar-refractivity contribution in [1.29, 1.82) is 5.26 Å². The van der Waals surface area contributed by atoms with E-state index < -0.39 is 0 Å². The van der Waals surface area contributed by atoms with Gasteiger partial charge in [0.25, 0.3) is 0 Å². The van der Waals surface area contributed by atoms with Gasteiger partial charge in [-0.25, -0.2) is 0 Å². The maximum Gasteiger partial charge on any atom is 0.0635 e. The Kier molecular flexibility index (Phi) is 7.05. The molecule has 0 saturated heterocycles. The smallest absolute Gasteiger partial charge is 0.0635 e. The third-order valence-electron chi connectivity index (χ3n) is 1.40. The lowest BCUT2D eigenvalue weighted by molar-refractivity contribution is 0.202. The average Bonchev–Trinajstić information content (AvgIpc) is 2.01. The molecule has 0 saturated carbocycles. The summed E-state index contributed by atoms with van der Waals surface area (Å²) in [5.41, 5.74) is 5.33. The molecule has 11 heavy (non-hydrogen) atoms. The van der Waals surface area contributed by atoms with Crippen LogP contribution in [0.5, 0.6) is 0 Å². The molecule has 0 fully saturated rings. The Hall–Kier alpha value is -0.630. The largest absolute Gasteiger partial charge is 0.395 e. The van der Waals surface area contributed by atoms with E-state index in [1.165, 1.54) is 0 Å². The second-order valence-corrected chi connectivity index (χ2v) is 2.26. The predicted molar refractivity (Wildman–Crippen MR) is 42.8 cm³/mol. The van der Waals surface area contributed by atoms with Crippen molar-refractivity contribution in [2.45, 2.75) is 6.42 Å². The van der Waals surface area contributed by atoms with Gasteiger partial charge in [-0.3, -0.25) is 4.90 Å². The summed E-state index contributed by atoms with van der Waals surface area (Å²) in [4.78, 5) is 1.98. The highest BCUT2D eigenvalue weighted by atomic mass is 16.3. The number of nitrogens with zero attached hydrogens (tertiary/aromatic N) is 2. The number of nitrogens with two attached hydrogens (primary N) is 1. The second kappa shape index (κ2) is 7.48. The van der Waals surface area contributed by atoms with Crippen LogP contribution in [0.15, 0.2) is 0 Å². The Morgan fingerprint density at radius 2 is 2.09 bits per heavy atom. The van der Waals surface area contributed by atoms with Gasteiger partial charge in [0.1, 0.15) is 0 Å². The van der Waals surface area contributed by atoms with Gasteiger partial charge >= 0.3 is 0 Å². The van der Waals surface area contributed by atoms with E-state index in [0.717, 1.165) is 6.54 Å². The fraction of sp³-hybridized carbons (Fsp3) is 0.857. The molecule has 0 spiro atoms. The average molecular weight is 157 g/mol. The summed E-state index contributed by atoms with van der Waals surface area (Å²) >= 11 is 0. The minimum atomic E-state index is 0.130. The summed E-state index contributed by atoms with van der Waals surface area (Å²) in [7, 11) is 0. The molecule has 0 aromatic carbocycles. The fourth-order valence-corrected chi connectivity index (χ4v) is 0.868. The van der Waals surface area contributed by atoms with Crippen molar-refractivity contribution in [3.05, 3.63) is 0 Å². The van der Waals surface area contributed by atoms with Crippen LogP contribution in [-0.4, -0.2) is 42.8 Å². The molecular weight excluding hydrogens is 142 g/mol. The molecule has 0 radical (unpaired) electrons. The quantitative estimate of drug-likeness (QED) is 0.527. The van der Waals surface area contributed by atoms with E-state index in [1.54, 1.807) is 0 Å². The third kappa shape index (κ3) is 5.80. The highest BCUT2D eigenvalue weighted by Gasteiger charge is 2.00. The van der Waals surface area contributed by atoms with Crippen molar-refractivity contribution in [2.24, 2.45) is 5.73 Å². The molecule has 0 atom stereocenters. The number of aliphatic hydroxyl groups is 1. The zero-order chi connectivity index (χ0) is 8.53. The van der Waals surface area contributed by atoms with Crippen molar-refractivity contribution in [1.82, 2.24) is 4.90 Å². The van der Waals surface area contributed by atoms with E-state index in [0.29, 0.717) is 26.1 Å². The summed E-state index contributed by atoms with van der Waals surface area (Å²) in [6, 6.07) is 2.05. The summed E-state index contributed by atoms with van der Waals surface area (Å²) in [5, 5.41) is 16.9. The number of hydrogen-bond donors (Lipinski definition) is 2. The highest BCUT2D eigenvalue weighted by Crippen LogP contribution is 1.88. The van der Waals surface area contributed by atoms with Gasteiger partial charge in [-0.1, -0.05) is 0 Å². The minimum Gasteiger partial charge on any atom is -0.395 e. The Bertz CT molecular complexity index is 115. The Balaban J connectivity index is 3.44. The van der Waals surface area contributed by atoms with Crippen molar-refractivity contribution >= 4 is 0 Å². The zero-order valence-electron chi connectivity index (χ0n) is 6.66. The zero-order valence-corrected chi connectivity index (χ0v) is 6.66. The molecule has 3 N–H and O–H groups in total.